The van der Waals surface area contributed by atoms with E-state index in [0.717, 1.165) is 59.3 Å². The summed E-state index contributed by atoms with van der Waals surface area (Å²) in [4.78, 5) is 4.50. The first-order valence-electron chi connectivity index (χ1n) is 20.1. The molecule has 0 aliphatic carbocycles. The van der Waals surface area contributed by atoms with Gasteiger partial charge in [0.2, 0.25) is 0 Å². The molecular weight excluding hydrogens is 613 g/mol. The Balaban J connectivity index is 1.29. The summed E-state index contributed by atoms with van der Waals surface area (Å²) in [6, 6.07) is 42.4. The number of fused-ring (bicyclic) bond motifs is 6. The molecule has 8 aromatic carbocycles. The second kappa shape index (κ2) is 11.0. The molecule has 230 valence electrons. The maximum atomic E-state index is 8.85. The molecule has 10 aromatic rings. The number of aromatic nitrogens is 2. The Kier molecular flexibility index (Phi) is 4.73. The first-order chi connectivity index (χ1) is 27.5. The molecule has 0 N–H and O–H groups in total. The van der Waals surface area contributed by atoms with E-state index in [0.29, 0.717) is 22.3 Å². The fraction of sp³-hybridized carbons (Fsp3) is 0.0217. The standard InChI is InChI=1S/C46H30N2S/c1-29-47-40-18-8-9-19-41(40)48(29)33-25-22-31(23-26-33)44-34-14-5-6-15-35(34)45(39-28-32(24-27-36(39)44)30-12-3-2-4-13-30)38-17-11-21-43-46(38)37-16-7-10-20-42(37)49-43/h2-28H,1H3/i1D3,2D,3D,4D,12D,13D. The van der Waals surface area contributed by atoms with Crippen molar-refractivity contribution in [3.63, 3.8) is 0 Å². The highest BCUT2D eigenvalue weighted by Gasteiger charge is 2.20. The van der Waals surface area contributed by atoms with E-state index in [4.69, 9.17) is 11.0 Å². The minimum absolute atomic E-state index is 0.00740. The molecule has 3 heteroatoms. The topological polar surface area (TPSA) is 17.8 Å². The van der Waals surface area contributed by atoms with Crippen LogP contribution in [0.5, 0.6) is 0 Å². The summed E-state index contributed by atoms with van der Waals surface area (Å²) in [6.45, 7) is -2.44. The number of hydrogen-bond donors (Lipinski definition) is 0. The summed E-state index contributed by atoms with van der Waals surface area (Å²) in [5.41, 5.74) is 6.51. The van der Waals surface area contributed by atoms with Crippen molar-refractivity contribution in [2.24, 2.45) is 0 Å². The molecule has 0 saturated heterocycles. The highest BCUT2D eigenvalue weighted by molar-refractivity contribution is 7.25. The third-order valence-corrected chi connectivity index (χ3v) is 10.6. The van der Waals surface area contributed by atoms with Crippen LogP contribution >= 0.6 is 11.3 Å². The zero-order valence-corrected chi connectivity index (χ0v) is 26.8. The monoisotopic (exact) mass is 650 g/mol. The largest absolute Gasteiger partial charge is 0.297 e. The van der Waals surface area contributed by atoms with Gasteiger partial charge in [-0.15, -0.1) is 11.3 Å². The van der Waals surface area contributed by atoms with E-state index in [9.17, 15) is 0 Å². The number of imidazole rings is 1. The van der Waals surface area contributed by atoms with Gasteiger partial charge in [-0.05, 0) is 104 Å². The summed E-state index contributed by atoms with van der Waals surface area (Å²) in [7, 11) is 0. The van der Waals surface area contributed by atoms with Crippen LogP contribution in [-0.4, -0.2) is 9.55 Å². The Morgan fingerprint density at radius 3 is 2.10 bits per heavy atom. The van der Waals surface area contributed by atoms with Crippen molar-refractivity contribution >= 4 is 64.1 Å². The number of benzene rings is 8. The maximum absolute atomic E-state index is 8.85. The van der Waals surface area contributed by atoms with Gasteiger partial charge in [-0.1, -0.05) is 121 Å². The van der Waals surface area contributed by atoms with Gasteiger partial charge >= 0.3 is 0 Å². The van der Waals surface area contributed by atoms with Crippen LogP contribution in [0.15, 0.2) is 164 Å². The normalized spacial score (nSPS) is 14.4. The zero-order chi connectivity index (χ0) is 39.3. The minimum Gasteiger partial charge on any atom is -0.297 e. The number of nitrogens with zero attached hydrogens (tertiary/aromatic N) is 2. The summed E-state index contributed by atoms with van der Waals surface area (Å²) in [6.07, 6.45) is 0. The molecule has 10 rings (SSSR count). The van der Waals surface area contributed by atoms with Crippen LogP contribution in [0.3, 0.4) is 0 Å². The second-order valence-electron chi connectivity index (χ2n) is 12.1. The van der Waals surface area contributed by atoms with Crippen molar-refractivity contribution in [1.29, 1.82) is 0 Å². The lowest BCUT2D eigenvalue weighted by Gasteiger charge is -2.19. The van der Waals surface area contributed by atoms with Crippen LogP contribution < -0.4 is 0 Å². The van der Waals surface area contributed by atoms with E-state index in [1.807, 2.05) is 84.9 Å². The quantitative estimate of drug-likeness (QED) is 0.173. The van der Waals surface area contributed by atoms with Crippen molar-refractivity contribution in [2.75, 3.05) is 0 Å². The van der Waals surface area contributed by atoms with Crippen LogP contribution in [0.2, 0.25) is 0 Å². The van der Waals surface area contributed by atoms with E-state index in [1.165, 1.54) is 4.70 Å². The van der Waals surface area contributed by atoms with Crippen LogP contribution in [0.1, 0.15) is 16.8 Å². The smallest absolute Gasteiger partial charge is 0.111 e. The Labute approximate surface area is 299 Å². The molecule has 49 heavy (non-hydrogen) atoms. The van der Waals surface area contributed by atoms with Gasteiger partial charge in [-0.3, -0.25) is 4.57 Å². The SMILES string of the molecule is [2H]c1c([2H])c([2H])c(-c2ccc3c(-c4ccc(-n5c(C([2H])([2H])[2H])nc6ccccc65)cc4)c4ccccc4c(-c4cccc5sc6ccccc6c45)c3c2)c([2H])c1[2H]. The van der Waals surface area contributed by atoms with E-state index in [2.05, 4.69) is 53.5 Å². The molecule has 0 bridgehead atoms. The molecule has 0 saturated carbocycles. The van der Waals surface area contributed by atoms with Crippen LogP contribution in [-0.2, 0) is 0 Å². The van der Waals surface area contributed by atoms with E-state index in [-0.39, 0.29) is 35.6 Å². The third-order valence-electron chi connectivity index (χ3n) is 9.46. The van der Waals surface area contributed by atoms with Gasteiger partial charge < -0.3 is 0 Å². The summed E-state index contributed by atoms with van der Waals surface area (Å²) in [5, 5.41) is 6.07. The van der Waals surface area contributed by atoms with E-state index in [1.54, 1.807) is 15.9 Å². The molecular formula is C46H30N2S. The van der Waals surface area contributed by atoms with Crippen molar-refractivity contribution in [3.05, 3.63) is 169 Å². The Hall–Kier alpha value is -6.03. The van der Waals surface area contributed by atoms with Gasteiger partial charge in [0.05, 0.1) is 17.9 Å². The molecule has 0 radical (unpaired) electrons. The van der Waals surface area contributed by atoms with Crippen molar-refractivity contribution in [1.82, 2.24) is 9.55 Å². The number of aryl methyl sites for hydroxylation is 1. The van der Waals surface area contributed by atoms with Crippen LogP contribution in [0.4, 0.5) is 0 Å². The lowest BCUT2D eigenvalue weighted by atomic mass is 9.84. The Morgan fingerprint density at radius 2 is 1.27 bits per heavy atom. The predicted octanol–water partition coefficient (Wildman–Crippen LogP) is 13.0. The van der Waals surface area contributed by atoms with Gasteiger partial charge in [0.1, 0.15) is 5.82 Å². The van der Waals surface area contributed by atoms with E-state index < -0.39 is 12.9 Å². The average molecular weight is 651 g/mol. The fourth-order valence-corrected chi connectivity index (χ4v) is 8.51. The lowest BCUT2D eigenvalue weighted by Crippen LogP contribution is -1.97. The summed E-state index contributed by atoms with van der Waals surface area (Å²) in [5.74, 6) is -0.00740. The maximum Gasteiger partial charge on any atom is 0.111 e. The van der Waals surface area contributed by atoms with Gasteiger partial charge in [-0.2, -0.15) is 0 Å². The molecule has 0 aliphatic heterocycles. The van der Waals surface area contributed by atoms with E-state index >= 15 is 0 Å². The number of para-hydroxylation sites is 2. The summed E-state index contributed by atoms with van der Waals surface area (Å²) < 4.78 is 71.7. The number of rotatable bonds is 4. The second-order valence-corrected chi connectivity index (χ2v) is 13.2. The van der Waals surface area contributed by atoms with Gasteiger partial charge in [0.25, 0.3) is 0 Å². The molecule has 0 atom stereocenters. The highest BCUT2D eigenvalue weighted by atomic mass is 32.1. The third kappa shape index (κ3) is 4.36. The van der Waals surface area contributed by atoms with Crippen molar-refractivity contribution in [2.45, 2.75) is 6.85 Å². The molecule has 2 nitrogen and oxygen atoms in total. The first kappa shape index (κ1) is 21.0. The van der Waals surface area contributed by atoms with Gasteiger partial charge in [0.15, 0.2) is 0 Å². The highest BCUT2D eigenvalue weighted by Crippen LogP contribution is 2.48. The molecule has 2 heterocycles. The van der Waals surface area contributed by atoms with Crippen LogP contribution in [0, 0.1) is 6.85 Å². The lowest BCUT2D eigenvalue weighted by molar-refractivity contribution is 1.00. The number of thiophene rings is 1. The van der Waals surface area contributed by atoms with Crippen molar-refractivity contribution in [3.8, 4) is 39.1 Å². The van der Waals surface area contributed by atoms with Crippen LogP contribution in [0.25, 0.3) is 91.8 Å². The first-order valence-corrected chi connectivity index (χ1v) is 16.9. The van der Waals surface area contributed by atoms with Gasteiger partial charge in [-0.25, -0.2) is 4.98 Å². The molecule has 0 fully saturated rings. The fourth-order valence-electron chi connectivity index (χ4n) is 7.38. The average Bonchev–Trinajstić information content (AvgIpc) is 3.81. The summed E-state index contributed by atoms with van der Waals surface area (Å²) >= 11 is 1.74. The number of hydrogen-bond acceptors (Lipinski definition) is 2. The Bertz CT molecular complexity index is 3260. The minimum atomic E-state index is -2.44. The Morgan fingerprint density at radius 1 is 0.571 bits per heavy atom. The molecule has 0 spiro atoms. The molecule has 0 amide bonds. The van der Waals surface area contributed by atoms with Crippen molar-refractivity contribution < 1.29 is 11.0 Å². The molecule has 2 aromatic heterocycles. The molecule has 0 unspecified atom stereocenters. The van der Waals surface area contributed by atoms with Gasteiger partial charge in [0, 0.05) is 30.0 Å². The predicted molar refractivity (Wildman–Crippen MR) is 210 cm³/mol. The molecule has 0 aliphatic rings. The zero-order valence-electron chi connectivity index (χ0n) is 34.0.